The van der Waals surface area contributed by atoms with Gasteiger partial charge in [0.05, 0.1) is 7.11 Å². The highest BCUT2D eigenvalue weighted by Gasteiger charge is 2.39. The lowest BCUT2D eigenvalue weighted by atomic mass is 9.78. The Morgan fingerprint density at radius 1 is 1.29 bits per heavy atom. The van der Waals surface area contributed by atoms with Crippen LogP contribution in [0.15, 0.2) is 36.7 Å². The van der Waals surface area contributed by atoms with Crippen LogP contribution in [0.4, 0.5) is 0 Å². The molecule has 2 rings (SSSR count). The van der Waals surface area contributed by atoms with Crippen LogP contribution in [-0.4, -0.2) is 21.8 Å². The van der Waals surface area contributed by atoms with E-state index in [0.29, 0.717) is 12.2 Å². The average Bonchev–Trinajstić information content (AvgIpc) is 2.95. The van der Waals surface area contributed by atoms with Crippen LogP contribution in [0.5, 0.6) is 5.75 Å². The number of methoxy groups -OCH3 is 1. The maximum Gasteiger partial charge on any atom is 0.141 e. The fraction of sp³-hybridized carbons (Fsp3) is 0.471. The Morgan fingerprint density at radius 3 is 2.38 bits per heavy atom. The molecule has 114 valence electrons. The van der Waals surface area contributed by atoms with Gasteiger partial charge in [-0.3, -0.25) is 0 Å². The molecule has 21 heavy (non-hydrogen) atoms. The van der Waals surface area contributed by atoms with Crippen molar-refractivity contribution in [2.75, 3.05) is 7.11 Å². The zero-order valence-corrected chi connectivity index (χ0v) is 13.2. The molecular weight excluding hydrogens is 264 g/mol. The van der Waals surface area contributed by atoms with Gasteiger partial charge in [-0.25, -0.2) is 4.98 Å². The third-order valence-corrected chi connectivity index (χ3v) is 4.25. The van der Waals surface area contributed by atoms with E-state index in [4.69, 9.17) is 4.74 Å². The Kier molecular flexibility index (Phi) is 4.68. The molecule has 0 radical (unpaired) electrons. The lowest BCUT2D eigenvalue weighted by molar-refractivity contribution is -0.00939. The zero-order chi connectivity index (χ0) is 15.5. The third kappa shape index (κ3) is 2.81. The molecule has 0 amide bonds. The van der Waals surface area contributed by atoms with Crippen LogP contribution in [0.2, 0.25) is 0 Å². The number of aryl methyl sites for hydroxylation is 1. The summed E-state index contributed by atoms with van der Waals surface area (Å²) in [7, 11) is 3.58. The summed E-state index contributed by atoms with van der Waals surface area (Å²) in [6.07, 6.45) is 5.05. The number of nitrogens with zero attached hydrogens (tertiary/aromatic N) is 2. The maximum atomic E-state index is 11.3. The van der Waals surface area contributed by atoms with E-state index in [2.05, 4.69) is 11.9 Å². The molecule has 2 atom stereocenters. The van der Waals surface area contributed by atoms with Crippen LogP contribution >= 0.6 is 0 Å². The van der Waals surface area contributed by atoms with Gasteiger partial charge in [0.1, 0.15) is 17.2 Å². The van der Waals surface area contributed by atoms with E-state index in [1.54, 1.807) is 13.3 Å². The van der Waals surface area contributed by atoms with Crippen LogP contribution in [0.1, 0.15) is 44.0 Å². The molecule has 1 aromatic heterocycles. The number of benzene rings is 1. The Morgan fingerprint density at radius 2 is 1.95 bits per heavy atom. The Bertz CT molecular complexity index is 577. The number of ether oxygens (including phenoxy) is 1. The molecule has 2 aromatic rings. The molecule has 0 spiro atoms. The van der Waals surface area contributed by atoms with Gasteiger partial charge in [-0.05, 0) is 30.5 Å². The maximum absolute atomic E-state index is 11.3. The summed E-state index contributed by atoms with van der Waals surface area (Å²) in [5, 5.41) is 11.3. The first-order valence-electron chi connectivity index (χ1n) is 7.40. The van der Waals surface area contributed by atoms with Crippen LogP contribution in [-0.2, 0) is 12.6 Å². The SMILES string of the molecule is CC[C@H](c1ccc(OC)cc1)[C@@](O)(CC)c1nccn1C. The molecule has 1 heterocycles. The van der Waals surface area contributed by atoms with E-state index in [0.717, 1.165) is 17.7 Å². The van der Waals surface area contributed by atoms with Crippen molar-refractivity contribution in [3.05, 3.63) is 48.0 Å². The van der Waals surface area contributed by atoms with Gasteiger partial charge in [-0.15, -0.1) is 0 Å². The second-order valence-electron chi connectivity index (χ2n) is 5.37. The predicted molar refractivity (Wildman–Crippen MR) is 83.4 cm³/mol. The lowest BCUT2D eigenvalue weighted by Gasteiger charge is -2.35. The summed E-state index contributed by atoms with van der Waals surface area (Å²) in [4.78, 5) is 4.38. The minimum Gasteiger partial charge on any atom is -0.497 e. The number of aliphatic hydroxyl groups is 1. The standard InChI is InChI=1S/C17H24N2O2/c1-5-15(13-7-9-14(21-4)10-8-13)17(20,6-2)16-18-11-12-19(16)3/h7-12,15,20H,5-6H2,1-4H3/t15-,17+/m1/s1. The van der Waals surface area contributed by atoms with Crippen LogP contribution < -0.4 is 4.74 Å². The fourth-order valence-electron chi connectivity index (χ4n) is 3.03. The minimum atomic E-state index is -0.971. The first kappa shape index (κ1) is 15.6. The fourth-order valence-corrected chi connectivity index (χ4v) is 3.03. The van der Waals surface area contributed by atoms with Gasteiger partial charge in [0.25, 0.3) is 0 Å². The quantitative estimate of drug-likeness (QED) is 0.888. The Balaban J connectivity index is 2.43. The van der Waals surface area contributed by atoms with Crippen molar-refractivity contribution in [3.8, 4) is 5.75 Å². The van der Waals surface area contributed by atoms with Gasteiger partial charge in [-0.1, -0.05) is 26.0 Å². The molecule has 0 unspecified atom stereocenters. The van der Waals surface area contributed by atoms with Crippen molar-refractivity contribution in [3.63, 3.8) is 0 Å². The molecule has 0 aliphatic rings. The summed E-state index contributed by atoms with van der Waals surface area (Å²) >= 11 is 0. The third-order valence-electron chi connectivity index (χ3n) is 4.25. The van der Waals surface area contributed by atoms with Gasteiger partial charge in [0.15, 0.2) is 0 Å². The van der Waals surface area contributed by atoms with Crippen LogP contribution in [0.25, 0.3) is 0 Å². The first-order chi connectivity index (χ1) is 10.1. The van der Waals surface area contributed by atoms with Gasteiger partial charge >= 0.3 is 0 Å². The Labute approximate surface area is 126 Å². The van der Waals surface area contributed by atoms with Gasteiger partial charge in [-0.2, -0.15) is 0 Å². The van der Waals surface area contributed by atoms with Crippen LogP contribution in [0.3, 0.4) is 0 Å². The second-order valence-corrected chi connectivity index (χ2v) is 5.37. The molecule has 4 heteroatoms. The second kappa shape index (κ2) is 6.31. The number of hydrogen-bond acceptors (Lipinski definition) is 3. The molecule has 1 N–H and O–H groups in total. The Hall–Kier alpha value is -1.81. The van der Waals surface area contributed by atoms with E-state index in [1.807, 2.05) is 49.0 Å². The summed E-state index contributed by atoms with van der Waals surface area (Å²) in [6.45, 7) is 4.10. The summed E-state index contributed by atoms with van der Waals surface area (Å²) in [5.74, 6) is 1.54. The van der Waals surface area contributed by atoms with Crippen molar-refractivity contribution < 1.29 is 9.84 Å². The summed E-state index contributed by atoms with van der Waals surface area (Å²) < 4.78 is 7.11. The van der Waals surface area contributed by atoms with Crippen molar-refractivity contribution in [2.45, 2.75) is 38.2 Å². The molecule has 0 aliphatic heterocycles. The molecule has 0 fully saturated rings. The molecule has 1 aromatic carbocycles. The molecule has 0 saturated heterocycles. The van der Waals surface area contributed by atoms with E-state index < -0.39 is 5.60 Å². The average molecular weight is 288 g/mol. The molecule has 0 saturated carbocycles. The van der Waals surface area contributed by atoms with Crippen molar-refractivity contribution in [1.29, 1.82) is 0 Å². The summed E-state index contributed by atoms with van der Waals surface area (Å²) in [6, 6.07) is 7.92. The van der Waals surface area contributed by atoms with Gasteiger partial charge in [0.2, 0.25) is 0 Å². The molecular formula is C17H24N2O2. The van der Waals surface area contributed by atoms with Gasteiger partial charge < -0.3 is 14.4 Å². The van der Waals surface area contributed by atoms with E-state index in [1.165, 1.54) is 0 Å². The van der Waals surface area contributed by atoms with Crippen LogP contribution in [0, 0.1) is 0 Å². The first-order valence-corrected chi connectivity index (χ1v) is 7.40. The largest absolute Gasteiger partial charge is 0.497 e. The lowest BCUT2D eigenvalue weighted by Crippen LogP contribution is -2.35. The molecule has 0 aliphatic carbocycles. The normalized spacial score (nSPS) is 15.5. The van der Waals surface area contributed by atoms with E-state index in [9.17, 15) is 5.11 Å². The number of imidazole rings is 1. The van der Waals surface area contributed by atoms with Crippen molar-refractivity contribution in [2.24, 2.45) is 7.05 Å². The predicted octanol–water partition coefficient (Wildman–Crippen LogP) is 3.22. The number of rotatable bonds is 6. The molecule has 0 bridgehead atoms. The zero-order valence-electron chi connectivity index (χ0n) is 13.2. The number of hydrogen-bond donors (Lipinski definition) is 1. The van der Waals surface area contributed by atoms with Crippen molar-refractivity contribution >= 4 is 0 Å². The highest BCUT2D eigenvalue weighted by molar-refractivity contribution is 5.32. The molecule has 4 nitrogen and oxygen atoms in total. The monoisotopic (exact) mass is 288 g/mol. The topological polar surface area (TPSA) is 47.3 Å². The van der Waals surface area contributed by atoms with Gasteiger partial charge in [0, 0.05) is 25.4 Å². The number of aromatic nitrogens is 2. The van der Waals surface area contributed by atoms with E-state index in [-0.39, 0.29) is 5.92 Å². The summed E-state index contributed by atoms with van der Waals surface area (Å²) in [5.41, 5.74) is 0.132. The minimum absolute atomic E-state index is 0.00509. The highest BCUT2D eigenvalue weighted by atomic mass is 16.5. The smallest absolute Gasteiger partial charge is 0.141 e. The van der Waals surface area contributed by atoms with E-state index >= 15 is 0 Å². The highest BCUT2D eigenvalue weighted by Crippen LogP contribution is 2.41. The van der Waals surface area contributed by atoms with Crippen molar-refractivity contribution in [1.82, 2.24) is 9.55 Å².